The van der Waals surface area contributed by atoms with Gasteiger partial charge >= 0.3 is 0 Å². The molecule has 1 aliphatic heterocycles. The van der Waals surface area contributed by atoms with Crippen LogP contribution >= 0.6 is 0 Å². The van der Waals surface area contributed by atoms with Gasteiger partial charge in [0.1, 0.15) is 0 Å². The van der Waals surface area contributed by atoms with Gasteiger partial charge in [-0.2, -0.15) is 0 Å². The molecule has 0 fully saturated rings. The first-order chi connectivity index (χ1) is 9.78. The summed E-state index contributed by atoms with van der Waals surface area (Å²) in [7, 11) is 1.57. The van der Waals surface area contributed by atoms with Crippen LogP contribution in [0.3, 0.4) is 0 Å². The van der Waals surface area contributed by atoms with Crippen LogP contribution < -0.4 is 14.2 Å². The lowest BCUT2D eigenvalue weighted by molar-refractivity contribution is 0.170. The Morgan fingerprint density at radius 2 is 2.10 bits per heavy atom. The van der Waals surface area contributed by atoms with Crippen molar-refractivity contribution in [1.29, 1.82) is 0 Å². The first kappa shape index (κ1) is 12.7. The van der Waals surface area contributed by atoms with E-state index in [1.165, 1.54) is 0 Å². The van der Waals surface area contributed by atoms with Gasteiger partial charge in [0, 0.05) is 18.8 Å². The predicted molar refractivity (Wildman–Crippen MR) is 72.0 cm³/mol. The molecule has 1 N–H and O–H groups in total. The van der Waals surface area contributed by atoms with Gasteiger partial charge in [0.05, 0.1) is 13.2 Å². The third-order valence-corrected chi connectivity index (χ3v) is 3.24. The number of ether oxygens (including phenoxy) is 3. The molecule has 5 nitrogen and oxygen atoms in total. The Labute approximate surface area is 116 Å². The van der Waals surface area contributed by atoms with Crippen molar-refractivity contribution in [1.82, 2.24) is 4.98 Å². The van der Waals surface area contributed by atoms with Crippen LogP contribution in [0.4, 0.5) is 0 Å². The molecule has 2 heterocycles. The summed E-state index contributed by atoms with van der Waals surface area (Å²) in [5.41, 5.74) is 1.76. The third kappa shape index (κ3) is 2.40. The smallest absolute Gasteiger partial charge is 0.231 e. The van der Waals surface area contributed by atoms with Gasteiger partial charge in [-0.25, -0.2) is 0 Å². The van der Waals surface area contributed by atoms with E-state index >= 15 is 0 Å². The fourth-order valence-electron chi connectivity index (χ4n) is 2.20. The molecule has 1 unspecified atom stereocenters. The van der Waals surface area contributed by atoms with E-state index in [1.807, 2.05) is 12.1 Å². The predicted octanol–water partition coefficient (Wildman–Crippen LogP) is 2.09. The number of aliphatic hydroxyl groups excluding tert-OH is 1. The lowest BCUT2D eigenvalue weighted by atomic mass is 10.0. The number of hydrogen-bond acceptors (Lipinski definition) is 5. The fourth-order valence-corrected chi connectivity index (χ4v) is 2.20. The van der Waals surface area contributed by atoms with Crippen LogP contribution in [-0.4, -0.2) is 24.0 Å². The maximum absolute atomic E-state index is 10.4. The molecule has 0 amide bonds. The normalized spacial score (nSPS) is 14.1. The van der Waals surface area contributed by atoms with Gasteiger partial charge in [-0.1, -0.05) is 0 Å². The van der Waals surface area contributed by atoms with E-state index in [2.05, 4.69) is 4.98 Å². The summed E-state index contributed by atoms with van der Waals surface area (Å²) in [6.45, 7) is 0.176. The van der Waals surface area contributed by atoms with Gasteiger partial charge in [0.2, 0.25) is 12.5 Å². The highest BCUT2D eigenvalue weighted by atomic mass is 16.7. The Balaban J connectivity index is 1.86. The summed E-state index contributed by atoms with van der Waals surface area (Å²) in [6.07, 6.45) is 3.29. The van der Waals surface area contributed by atoms with E-state index in [0.29, 0.717) is 23.7 Å². The molecule has 0 radical (unpaired) electrons. The maximum Gasteiger partial charge on any atom is 0.231 e. The number of hydrogen-bond donors (Lipinski definition) is 1. The number of aromatic nitrogens is 1. The van der Waals surface area contributed by atoms with Crippen LogP contribution in [0.1, 0.15) is 17.2 Å². The van der Waals surface area contributed by atoms with Crippen molar-refractivity contribution < 1.29 is 19.3 Å². The molecule has 0 aliphatic carbocycles. The van der Waals surface area contributed by atoms with Crippen LogP contribution in [0.15, 0.2) is 36.7 Å². The highest BCUT2D eigenvalue weighted by Gasteiger charge is 2.22. The second-order valence-electron chi connectivity index (χ2n) is 4.53. The minimum Gasteiger partial charge on any atom is -0.493 e. The van der Waals surface area contributed by atoms with Crippen molar-refractivity contribution in [3.8, 4) is 17.2 Å². The Kier molecular flexibility index (Phi) is 3.43. The molecule has 1 aromatic heterocycles. The van der Waals surface area contributed by atoms with Crippen LogP contribution in [0.2, 0.25) is 0 Å². The maximum atomic E-state index is 10.4. The lowest BCUT2D eigenvalue weighted by Crippen LogP contribution is -2.02. The van der Waals surface area contributed by atoms with Crippen molar-refractivity contribution in [3.05, 3.63) is 47.8 Å². The summed E-state index contributed by atoms with van der Waals surface area (Å²) in [5.74, 6) is 1.77. The molecule has 0 saturated carbocycles. The number of rotatable bonds is 4. The number of fused-ring (bicyclic) bond motifs is 1. The topological polar surface area (TPSA) is 60.8 Å². The van der Waals surface area contributed by atoms with Gasteiger partial charge < -0.3 is 19.3 Å². The molecular formula is C15H15NO4. The molecule has 1 aliphatic rings. The van der Waals surface area contributed by atoms with Crippen molar-refractivity contribution in [2.24, 2.45) is 0 Å². The van der Waals surface area contributed by atoms with Crippen LogP contribution in [-0.2, 0) is 6.42 Å². The van der Waals surface area contributed by atoms with E-state index < -0.39 is 6.10 Å². The molecule has 1 atom stereocenters. The van der Waals surface area contributed by atoms with Gasteiger partial charge in [-0.05, 0) is 35.4 Å². The zero-order valence-corrected chi connectivity index (χ0v) is 11.1. The van der Waals surface area contributed by atoms with Crippen molar-refractivity contribution in [2.75, 3.05) is 13.9 Å². The molecular weight excluding hydrogens is 258 g/mol. The van der Waals surface area contributed by atoms with Crippen LogP contribution in [0.25, 0.3) is 0 Å². The molecule has 20 heavy (non-hydrogen) atoms. The quantitative estimate of drug-likeness (QED) is 0.924. The zero-order chi connectivity index (χ0) is 13.9. The van der Waals surface area contributed by atoms with Gasteiger partial charge in [0.25, 0.3) is 0 Å². The lowest BCUT2D eigenvalue weighted by Gasteiger charge is -2.13. The summed E-state index contributed by atoms with van der Waals surface area (Å²) in [4.78, 5) is 3.96. The molecule has 104 valence electrons. The molecule has 5 heteroatoms. The van der Waals surface area contributed by atoms with E-state index in [1.54, 1.807) is 31.6 Å². The van der Waals surface area contributed by atoms with E-state index in [4.69, 9.17) is 14.2 Å². The third-order valence-electron chi connectivity index (χ3n) is 3.24. The Hall–Kier alpha value is -2.27. The first-order valence-corrected chi connectivity index (χ1v) is 6.32. The summed E-state index contributed by atoms with van der Waals surface area (Å²) in [5, 5.41) is 10.4. The Bertz CT molecular complexity index is 600. The van der Waals surface area contributed by atoms with E-state index in [9.17, 15) is 5.11 Å². The van der Waals surface area contributed by atoms with Crippen LogP contribution in [0.5, 0.6) is 17.2 Å². The van der Waals surface area contributed by atoms with E-state index in [0.717, 1.165) is 11.1 Å². The largest absolute Gasteiger partial charge is 0.493 e. The summed E-state index contributed by atoms with van der Waals surface area (Å²) in [6, 6.07) is 7.33. The zero-order valence-electron chi connectivity index (χ0n) is 11.1. The summed E-state index contributed by atoms with van der Waals surface area (Å²) < 4.78 is 16.0. The second-order valence-corrected chi connectivity index (χ2v) is 4.53. The molecule has 0 bridgehead atoms. The average Bonchev–Trinajstić information content (AvgIpc) is 2.95. The van der Waals surface area contributed by atoms with Crippen molar-refractivity contribution in [2.45, 2.75) is 12.5 Å². The summed E-state index contributed by atoms with van der Waals surface area (Å²) >= 11 is 0. The number of pyridine rings is 1. The standard InChI is InChI=1S/C15H15NO4/c1-18-13-7-11(8-14-15(13)20-9-19-14)12(17)6-10-2-4-16-5-3-10/h2-5,7-8,12,17H,6,9H2,1H3. The fraction of sp³-hybridized carbons (Fsp3) is 0.267. The van der Waals surface area contributed by atoms with Gasteiger partial charge in [0.15, 0.2) is 11.5 Å². The second kappa shape index (κ2) is 5.38. The molecule has 0 spiro atoms. The molecule has 2 aromatic rings. The highest BCUT2D eigenvalue weighted by Crippen LogP contribution is 2.43. The Morgan fingerprint density at radius 3 is 2.85 bits per heavy atom. The van der Waals surface area contributed by atoms with Crippen molar-refractivity contribution in [3.63, 3.8) is 0 Å². The first-order valence-electron chi connectivity index (χ1n) is 6.32. The Morgan fingerprint density at radius 1 is 1.30 bits per heavy atom. The molecule has 0 saturated heterocycles. The molecule has 3 rings (SSSR count). The monoisotopic (exact) mass is 273 g/mol. The minimum absolute atomic E-state index is 0.176. The number of aliphatic hydroxyl groups is 1. The SMILES string of the molecule is COc1cc(C(O)Cc2ccncc2)cc2c1OCO2. The average molecular weight is 273 g/mol. The van der Waals surface area contributed by atoms with Crippen LogP contribution in [0, 0.1) is 0 Å². The number of nitrogens with zero attached hydrogens (tertiary/aromatic N) is 1. The van der Waals surface area contributed by atoms with E-state index in [-0.39, 0.29) is 6.79 Å². The number of methoxy groups -OCH3 is 1. The minimum atomic E-state index is -0.638. The van der Waals surface area contributed by atoms with Crippen molar-refractivity contribution >= 4 is 0 Å². The number of benzene rings is 1. The van der Waals surface area contributed by atoms with Gasteiger partial charge in [-0.15, -0.1) is 0 Å². The highest BCUT2D eigenvalue weighted by molar-refractivity contribution is 5.55. The van der Waals surface area contributed by atoms with Gasteiger partial charge in [-0.3, -0.25) is 4.98 Å². The molecule has 1 aromatic carbocycles.